The van der Waals surface area contributed by atoms with Crippen molar-refractivity contribution in [3.8, 4) is 0 Å². The monoisotopic (exact) mass is 279 g/mol. The average Bonchev–Trinajstić information content (AvgIpc) is 2.76. The summed E-state index contributed by atoms with van der Waals surface area (Å²) in [5.41, 5.74) is 2.29. The molecule has 1 atom stereocenters. The standard InChI is InChI=1S/C14H21N3O3/c1-9(2)17(8-13(18)19)14(20)10-4-5-11-7-15-16(3)12(11)6-10/h7,9-10H,4-6,8H2,1-3H3,(H,18,19). The zero-order valence-electron chi connectivity index (χ0n) is 12.2. The van der Waals surface area contributed by atoms with E-state index in [1.165, 1.54) is 10.5 Å². The third-order valence-corrected chi connectivity index (χ3v) is 3.91. The molecule has 2 rings (SSSR count). The average molecular weight is 279 g/mol. The number of carboxylic acids is 1. The van der Waals surface area contributed by atoms with Gasteiger partial charge in [-0.2, -0.15) is 5.10 Å². The van der Waals surface area contributed by atoms with Gasteiger partial charge < -0.3 is 10.0 Å². The minimum atomic E-state index is -0.968. The van der Waals surface area contributed by atoms with Crippen LogP contribution in [0.5, 0.6) is 0 Å². The molecular formula is C14H21N3O3. The van der Waals surface area contributed by atoms with E-state index < -0.39 is 5.97 Å². The number of rotatable bonds is 4. The van der Waals surface area contributed by atoms with Crippen LogP contribution in [0, 0.1) is 5.92 Å². The smallest absolute Gasteiger partial charge is 0.323 e. The maximum atomic E-state index is 12.6. The maximum absolute atomic E-state index is 12.6. The van der Waals surface area contributed by atoms with Crippen molar-refractivity contribution in [2.45, 2.75) is 39.2 Å². The van der Waals surface area contributed by atoms with E-state index in [2.05, 4.69) is 5.10 Å². The van der Waals surface area contributed by atoms with Crippen molar-refractivity contribution in [2.75, 3.05) is 6.54 Å². The van der Waals surface area contributed by atoms with E-state index in [1.807, 2.05) is 31.8 Å². The van der Waals surface area contributed by atoms with E-state index in [0.29, 0.717) is 6.42 Å². The Bertz CT molecular complexity index is 522. The first kappa shape index (κ1) is 14.6. The van der Waals surface area contributed by atoms with Gasteiger partial charge in [0, 0.05) is 31.1 Å². The van der Waals surface area contributed by atoms with Crippen LogP contribution < -0.4 is 0 Å². The van der Waals surface area contributed by atoms with Gasteiger partial charge in [0.15, 0.2) is 0 Å². The predicted molar refractivity (Wildman–Crippen MR) is 73.2 cm³/mol. The number of carboxylic acid groups (broad SMARTS) is 1. The Hall–Kier alpha value is -1.85. The molecule has 6 nitrogen and oxygen atoms in total. The summed E-state index contributed by atoms with van der Waals surface area (Å²) in [7, 11) is 1.88. The molecule has 0 saturated carbocycles. The fraction of sp³-hybridized carbons (Fsp3) is 0.643. The molecule has 1 N–H and O–H groups in total. The normalized spacial score (nSPS) is 17.9. The number of amides is 1. The second-order valence-electron chi connectivity index (χ2n) is 5.63. The van der Waals surface area contributed by atoms with Crippen molar-refractivity contribution in [3.63, 3.8) is 0 Å². The van der Waals surface area contributed by atoms with Crippen molar-refractivity contribution in [1.82, 2.24) is 14.7 Å². The fourth-order valence-electron chi connectivity index (χ4n) is 2.75. The van der Waals surface area contributed by atoms with Crippen molar-refractivity contribution in [1.29, 1.82) is 0 Å². The highest BCUT2D eigenvalue weighted by atomic mass is 16.4. The number of carbonyl (C=O) groups excluding carboxylic acids is 1. The van der Waals surface area contributed by atoms with Crippen LogP contribution in [-0.4, -0.2) is 44.3 Å². The molecule has 1 amide bonds. The molecule has 6 heteroatoms. The number of hydrogen-bond acceptors (Lipinski definition) is 3. The molecule has 0 saturated heterocycles. The van der Waals surface area contributed by atoms with Gasteiger partial charge in [0.1, 0.15) is 6.54 Å². The van der Waals surface area contributed by atoms with Crippen molar-refractivity contribution < 1.29 is 14.7 Å². The van der Waals surface area contributed by atoms with Gasteiger partial charge in [0.2, 0.25) is 5.91 Å². The Morgan fingerprint density at radius 1 is 1.55 bits per heavy atom. The van der Waals surface area contributed by atoms with E-state index in [4.69, 9.17) is 5.11 Å². The Kier molecular flexibility index (Phi) is 4.11. The van der Waals surface area contributed by atoms with Gasteiger partial charge in [-0.05, 0) is 32.3 Å². The molecule has 20 heavy (non-hydrogen) atoms. The SMILES string of the molecule is CC(C)N(CC(=O)O)C(=O)C1CCc2cnn(C)c2C1. The zero-order valence-corrected chi connectivity index (χ0v) is 12.2. The van der Waals surface area contributed by atoms with E-state index in [9.17, 15) is 9.59 Å². The van der Waals surface area contributed by atoms with Crippen LogP contribution in [0.3, 0.4) is 0 Å². The first-order valence-electron chi connectivity index (χ1n) is 6.92. The largest absolute Gasteiger partial charge is 0.480 e. The van der Waals surface area contributed by atoms with Gasteiger partial charge in [-0.3, -0.25) is 14.3 Å². The van der Waals surface area contributed by atoms with Crippen LogP contribution in [0.2, 0.25) is 0 Å². The first-order valence-corrected chi connectivity index (χ1v) is 6.92. The highest BCUT2D eigenvalue weighted by molar-refractivity contribution is 5.83. The third kappa shape index (κ3) is 2.84. The molecule has 110 valence electrons. The summed E-state index contributed by atoms with van der Waals surface area (Å²) in [4.78, 5) is 24.9. The fourth-order valence-corrected chi connectivity index (χ4v) is 2.75. The molecule has 1 aromatic heterocycles. The van der Waals surface area contributed by atoms with Crippen molar-refractivity contribution >= 4 is 11.9 Å². The van der Waals surface area contributed by atoms with Gasteiger partial charge in [-0.25, -0.2) is 0 Å². The molecular weight excluding hydrogens is 258 g/mol. The minimum absolute atomic E-state index is 0.0609. The summed E-state index contributed by atoms with van der Waals surface area (Å²) in [6, 6.07) is -0.105. The number of carbonyl (C=O) groups is 2. The van der Waals surface area contributed by atoms with Crippen LogP contribution in [0.4, 0.5) is 0 Å². The van der Waals surface area contributed by atoms with Crippen molar-refractivity contribution in [3.05, 3.63) is 17.5 Å². The topological polar surface area (TPSA) is 75.4 Å². The van der Waals surface area contributed by atoms with Crippen LogP contribution in [0.15, 0.2) is 6.20 Å². The lowest BCUT2D eigenvalue weighted by molar-refractivity contribution is -0.148. The van der Waals surface area contributed by atoms with E-state index in [1.54, 1.807) is 0 Å². The van der Waals surface area contributed by atoms with Gasteiger partial charge >= 0.3 is 5.97 Å². The van der Waals surface area contributed by atoms with Gasteiger partial charge in [-0.1, -0.05) is 0 Å². The Morgan fingerprint density at radius 2 is 2.25 bits per heavy atom. The van der Waals surface area contributed by atoms with E-state index in [-0.39, 0.29) is 24.4 Å². The maximum Gasteiger partial charge on any atom is 0.323 e. The van der Waals surface area contributed by atoms with E-state index >= 15 is 0 Å². The predicted octanol–water partition coefficient (Wildman–Crippen LogP) is 0.847. The van der Waals surface area contributed by atoms with E-state index in [0.717, 1.165) is 18.5 Å². The first-order chi connectivity index (χ1) is 9.40. The number of aryl methyl sites for hydroxylation is 2. The van der Waals surface area contributed by atoms with Gasteiger partial charge in [0.25, 0.3) is 0 Å². The van der Waals surface area contributed by atoms with Crippen LogP contribution >= 0.6 is 0 Å². The van der Waals surface area contributed by atoms with Crippen LogP contribution in [0.1, 0.15) is 31.5 Å². The Balaban J connectivity index is 2.13. The molecule has 0 radical (unpaired) electrons. The van der Waals surface area contributed by atoms with Crippen molar-refractivity contribution in [2.24, 2.45) is 13.0 Å². The Morgan fingerprint density at radius 3 is 2.85 bits per heavy atom. The molecule has 1 aliphatic rings. The van der Waals surface area contributed by atoms with Crippen LogP contribution in [-0.2, 0) is 29.5 Å². The zero-order chi connectivity index (χ0) is 14.9. The molecule has 0 aliphatic heterocycles. The molecule has 0 aromatic carbocycles. The second kappa shape index (κ2) is 5.64. The van der Waals surface area contributed by atoms with Gasteiger partial charge in [-0.15, -0.1) is 0 Å². The molecule has 0 bridgehead atoms. The number of aliphatic carboxylic acids is 1. The molecule has 1 aliphatic carbocycles. The molecule has 1 aromatic rings. The lowest BCUT2D eigenvalue weighted by Gasteiger charge is -2.31. The number of aromatic nitrogens is 2. The summed E-state index contributed by atoms with van der Waals surface area (Å²) in [5.74, 6) is -1.17. The third-order valence-electron chi connectivity index (χ3n) is 3.91. The van der Waals surface area contributed by atoms with Crippen LogP contribution in [0.25, 0.3) is 0 Å². The summed E-state index contributed by atoms with van der Waals surface area (Å²) < 4.78 is 1.81. The Labute approximate surface area is 118 Å². The highest BCUT2D eigenvalue weighted by Gasteiger charge is 2.31. The lowest BCUT2D eigenvalue weighted by atomic mass is 9.86. The lowest BCUT2D eigenvalue weighted by Crippen LogP contribution is -2.45. The molecule has 1 heterocycles. The molecule has 0 fully saturated rings. The quantitative estimate of drug-likeness (QED) is 0.886. The summed E-state index contributed by atoms with van der Waals surface area (Å²) >= 11 is 0. The summed E-state index contributed by atoms with van der Waals surface area (Å²) in [6.45, 7) is 3.46. The summed E-state index contributed by atoms with van der Waals surface area (Å²) in [6.07, 6.45) is 4.10. The minimum Gasteiger partial charge on any atom is -0.480 e. The number of nitrogens with zero attached hydrogens (tertiary/aromatic N) is 3. The molecule has 1 unspecified atom stereocenters. The number of fused-ring (bicyclic) bond motifs is 1. The molecule has 0 spiro atoms. The van der Waals surface area contributed by atoms with Gasteiger partial charge in [0.05, 0.1) is 6.20 Å². The number of hydrogen-bond donors (Lipinski definition) is 1. The second-order valence-corrected chi connectivity index (χ2v) is 5.63. The highest BCUT2D eigenvalue weighted by Crippen LogP contribution is 2.26. The summed E-state index contributed by atoms with van der Waals surface area (Å²) in [5, 5.41) is 13.2.